The molecule has 0 saturated carbocycles. The molecule has 8 heteroatoms. The Morgan fingerprint density at radius 3 is 2.84 bits per heavy atom. The molecule has 0 aliphatic rings. The number of carbonyl (C=O) groups excluding carboxylic acids is 1. The molecule has 2 aromatic rings. The van der Waals surface area contributed by atoms with Crippen LogP contribution in [0.4, 0.5) is 0 Å². The number of thiazole rings is 1. The van der Waals surface area contributed by atoms with Crippen LogP contribution in [0.1, 0.15) is 17.3 Å². The summed E-state index contributed by atoms with van der Waals surface area (Å²) in [5, 5.41) is 22.3. The Morgan fingerprint density at radius 1 is 1.53 bits per heavy atom. The Morgan fingerprint density at radius 2 is 2.21 bits per heavy atom. The summed E-state index contributed by atoms with van der Waals surface area (Å²) in [7, 11) is 0. The van der Waals surface area contributed by atoms with Gasteiger partial charge in [0.2, 0.25) is 0 Å². The van der Waals surface area contributed by atoms with Crippen molar-refractivity contribution in [2.75, 3.05) is 13.2 Å². The molecule has 0 radical (unpaired) electrons. The topological polar surface area (TPSA) is 104 Å². The summed E-state index contributed by atoms with van der Waals surface area (Å²) in [6, 6.07) is 0. The van der Waals surface area contributed by atoms with E-state index < -0.39 is 30.2 Å². The van der Waals surface area contributed by atoms with Crippen molar-refractivity contribution in [2.45, 2.75) is 12.5 Å². The average molecular weight is 283 g/mol. The molecule has 0 aliphatic carbocycles. The first-order chi connectivity index (χ1) is 9.00. The minimum absolute atomic E-state index is 0.135. The lowest BCUT2D eigenvalue weighted by atomic mass is 10.1. The van der Waals surface area contributed by atoms with Gasteiger partial charge in [0.15, 0.2) is 4.96 Å². The molecule has 3 N–H and O–H groups in total. The maximum atomic E-state index is 12.0. The highest BCUT2D eigenvalue weighted by Crippen LogP contribution is 2.07. The van der Waals surface area contributed by atoms with Crippen LogP contribution >= 0.6 is 11.3 Å². The predicted octanol–water partition coefficient (Wildman–Crippen LogP) is -0.771. The van der Waals surface area contributed by atoms with Gasteiger partial charge in [-0.05, 0) is 6.92 Å². The number of aliphatic hydroxyl groups is 2. The van der Waals surface area contributed by atoms with Crippen molar-refractivity contribution < 1.29 is 15.0 Å². The van der Waals surface area contributed by atoms with Gasteiger partial charge >= 0.3 is 0 Å². The Kier molecular flexibility index (Phi) is 3.65. The van der Waals surface area contributed by atoms with Crippen molar-refractivity contribution in [1.29, 1.82) is 0 Å². The number of hydrogen-bond donors (Lipinski definition) is 3. The molecule has 0 unspecified atom stereocenters. The van der Waals surface area contributed by atoms with Crippen LogP contribution in [0.3, 0.4) is 0 Å². The summed E-state index contributed by atoms with van der Waals surface area (Å²) in [4.78, 5) is 28.5. The zero-order valence-electron chi connectivity index (χ0n) is 10.2. The molecule has 102 valence electrons. The number of hydrogen-bond acceptors (Lipinski definition) is 6. The summed E-state index contributed by atoms with van der Waals surface area (Å²) in [5.74, 6) is -0.677. The minimum atomic E-state index is -1.18. The van der Waals surface area contributed by atoms with Crippen molar-refractivity contribution in [3.8, 4) is 0 Å². The third-order valence-corrected chi connectivity index (χ3v) is 3.47. The van der Waals surface area contributed by atoms with Gasteiger partial charge in [0.1, 0.15) is 5.56 Å². The van der Waals surface area contributed by atoms with E-state index in [1.165, 1.54) is 35.1 Å². The first kappa shape index (κ1) is 13.7. The lowest BCUT2D eigenvalue weighted by Gasteiger charge is -2.25. The Balaban J connectivity index is 2.37. The predicted molar refractivity (Wildman–Crippen MR) is 69.4 cm³/mol. The van der Waals surface area contributed by atoms with Gasteiger partial charge in [-0.15, -0.1) is 11.3 Å². The van der Waals surface area contributed by atoms with Crippen molar-refractivity contribution in [1.82, 2.24) is 14.7 Å². The van der Waals surface area contributed by atoms with Gasteiger partial charge in [-0.25, -0.2) is 4.98 Å². The zero-order valence-corrected chi connectivity index (χ0v) is 11.0. The number of carbonyl (C=O) groups is 1. The summed E-state index contributed by atoms with van der Waals surface area (Å²) >= 11 is 1.28. The Hall–Kier alpha value is -1.77. The highest BCUT2D eigenvalue weighted by molar-refractivity contribution is 7.15. The molecule has 0 aliphatic heterocycles. The molecule has 0 fully saturated rings. The van der Waals surface area contributed by atoms with E-state index in [-0.39, 0.29) is 5.56 Å². The molecule has 0 aromatic carbocycles. The molecule has 7 nitrogen and oxygen atoms in total. The van der Waals surface area contributed by atoms with Gasteiger partial charge in [0, 0.05) is 17.8 Å². The van der Waals surface area contributed by atoms with E-state index in [0.29, 0.717) is 4.96 Å². The van der Waals surface area contributed by atoms with Gasteiger partial charge in [0.05, 0.1) is 18.8 Å². The lowest BCUT2D eigenvalue weighted by Crippen LogP contribution is -2.52. The fourth-order valence-electron chi connectivity index (χ4n) is 1.45. The largest absolute Gasteiger partial charge is 0.394 e. The van der Waals surface area contributed by atoms with Crippen LogP contribution in [-0.2, 0) is 0 Å². The third-order valence-electron chi connectivity index (χ3n) is 2.70. The van der Waals surface area contributed by atoms with Crippen molar-refractivity contribution in [3.05, 3.63) is 33.7 Å². The number of amides is 1. The number of aliphatic hydroxyl groups excluding tert-OH is 2. The zero-order chi connectivity index (χ0) is 14.0. The van der Waals surface area contributed by atoms with E-state index in [9.17, 15) is 9.59 Å². The fraction of sp³-hybridized carbons (Fsp3) is 0.364. The second-order valence-electron chi connectivity index (χ2n) is 4.36. The van der Waals surface area contributed by atoms with Crippen LogP contribution in [0, 0.1) is 0 Å². The molecule has 0 spiro atoms. The molecular weight excluding hydrogens is 270 g/mol. The second kappa shape index (κ2) is 5.08. The van der Waals surface area contributed by atoms with Gasteiger partial charge in [-0.3, -0.25) is 14.0 Å². The molecule has 2 heterocycles. The molecule has 0 atom stereocenters. The first-order valence-corrected chi connectivity index (χ1v) is 6.38. The number of fused-ring (bicyclic) bond motifs is 1. The first-order valence-electron chi connectivity index (χ1n) is 5.50. The summed E-state index contributed by atoms with van der Waals surface area (Å²) in [6.07, 6.45) is 2.72. The monoisotopic (exact) mass is 283 g/mol. The van der Waals surface area contributed by atoms with E-state index in [4.69, 9.17) is 10.2 Å². The Labute approximate surface area is 112 Å². The number of rotatable bonds is 4. The van der Waals surface area contributed by atoms with Gasteiger partial charge in [-0.1, -0.05) is 0 Å². The van der Waals surface area contributed by atoms with E-state index in [0.717, 1.165) is 0 Å². The SMILES string of the molecule is CC(CO)(CO)NC(=O)c1cnc2sccn2c1=O. The molecule has 2 rings (SSSR count). The molecule has 0 saturated heterocycles. The van der Waals surface area contributed by atoms with Crippen molar-refractivity contribution >= 4 is 22.2 Å². The maximum absolute atomic E-state index is 12.0. The van der Waals surface area contributed by atoms with Crippen LogP contribution < -0.4 is 10.9 Å². The minimum Gasteiger partial charge on any atom is -0.394 e. The highest BCUT2D eigenvalue weighted by atomic mass is 32.1. The Bertz CT molecular complexity index is 659. The van der Waals surface area contributed by atoms with Crippen LogP contribution in [0.15, 0.2) is 22.6 Å². The van der Waals surface area contributed by atoms with E-state index in [1.54, 1.807) is 5.38 Å². The lowest BCUT2D eigenvalue weighted by molar-refractivity contribution is 0.0722. The van der Waals surface area contributed by atoms with Crippen molar-refractivity contribution in [2.24, 2.45) is 0 Å². The molecule has 0 bridgehead atoms. The van der Waals surface area contributed by atoms with E-state index in [2.05, 4.69) is 10.3 Å². The van der Waals surface area contributed by atoms with Crippen molar-refractivity contribution in [3.63, 3.8) is 0 Å². The van der Waals surface area contributed by atoms with Gasteiger partial charge in [-0.2, -0.15) is 0 Å². The van der Waals surface area contributed by atoms with E-state index >= 15 is 0 Å². The smallest absolute Gasteiger partial charge is 0.271 e. The molecular formula is C11H13N3O4S. The maximum Gasteiger partial charge on any atom is 0.271 e. The van der Waals surface area contributed by atoms with E-state index in [1.807, 2.05) is 0 Å². The average Bonchev–Trinajstić information content (AvgIpc) is 2.88. The number of nitrogens with one attached hydrogen (secondary N) is 1. The second-order valence-corrected chi connectivity index (χ2v) is 5.24. The quantitative estimate of drug-likeness (QED) is 0.683. The van der Waals surface area contributed by atoms with Crippen LogP contribution in [0.5, 0.6) is 0 Å². The summed E-state index contributed by atoms with van der Waals surface area (Å²) in [6.45, 7) is 0.592. The van der Waals surface area contributed by atoms with Crippen LogP contribution in [-0.4, -0.2) is 44.3 Å². The highest BCUT2D eigenvalue weighted by Gasteiger charge is 2.26. The fourth-order valence-corrected chi connectivity index (χ4v) is 2.13. The number of aromatic nitrogens is 2. The molecule has 2 aromatic heterocycles. The summed E-state index contributed by atoms with van der Waals surface area (Å²) in [5.41, 5.74) is -1.80. The molecule has 1 amide bonds. The van der Waals surface area contributed by atoms with Crippen LogP contribution in [0.2, 0.25) is 0 Å². The van der Waals surface area contributed by atoms with Gasteiger partial charge in [0.25, 0.3) is 11.5 Å². The van der Waals surface area contributed by atoms with Gasteiger partial charge < -0.3 is 15.5 Å². The normalized spacial score (nSPS) is 11.7. The molecule has 19 heavy (non-hydrogen) atoms. The summed E-state index contributed by atoms with van der Waals surface area (Å²) < 4.78 is 1.27. The van der Waals surface area contributed by atoms with Crippen LogP contribution in [0.25, 0.3) is 4.96 Å². The number of nitrogens with zero attached hydrogens (tertiary/aromatic N) is 2. The third kappa shape index (κ3) is 2.50. The standard InChI is InChI=1S/C11H13N3O4S/c1-11(5-15,6-16)13-8(17)7-4-12-10-14(9(7)18)2-3-19-10/h2-4,15-16H,5-6H2,1H3,(H,13,17).